The summed E-state index contributed by atoms with van der Waals surface area (Å²) in [4.78, 5) is 0. The zero-order chi connectivity index (χ0) is 10.1. The summed E-state index contributed by atoms with van der Waals surface area (Å²) in [7, 11) is 0. The van der Waals surface area contributed by atoms with Crippen molar-refractivity contribution in [2.45, 2.75) is 40.7 Å². The van der Waals surface area contributed by atoms with Crippen molar-refractivity contribution in [3.8, 4) is 0 Å². The molecule has 0 heterocycles. The van der Waals surface area contributed by atoms with Crippen LogP contribution in [0.15, 0.2) is 0 Å². The van der Waals surface area contributed by atoms with Gasteiger partial charge in [0, 0.05) is 19.1 Å². The number of hydroxylamine groups is 2. The Labute approximate surface area is 76.5 Å². The maximum absolute atomic E-state index is 8.50. The van der Waals surface area contributed by atoms with E-state index in [1.165, 1.54) is 5.06 Å². The van der Waals surface area contributed by atoms with Crippen LogP contribution in [0.25, 0.3) is 0 Å². The third kappa shape index (κ3) is 12.5. The van der Waals surface area contributed by atoms with Gasteiger partial charge in [0.15, 0.2) is 0 Å². The van der Waals surface area contributed by atoms with Crippen LogP contribution in [0.2, 0.25) is 0 Å². The predicted molar refractivity (Wildman–Crippen MR) is 53.2 cm³/mol. The number of hydrogen-bond donors (Lipinski definition) is 2. The molecule has 0 spiro atoms. The molecule has 0 radical (unpaired) electrons. The van der Waals surface area contributed by atoms with E-state index in [2.05, 4.69) is 13.8 Å². The molecule has 0 aliphatic carbocycles. The van der Waals surface area contributed by atoms with Crippen LogP contribution in [0.3, 0.4) is 0 Å². The van der Waals surface area contributed by atoms with Crippen LogP contribution in [-0.2, 0) is 0 Å². The number of hydrogen-bond acceptors (Lipinski definition) is 3. The fourth-order valence-corrected chi connectivity index (χ4v) is 0.224. The van der Waals surface area contributed by atoms with Gasteiger partial charge in [-0.2, -0.15) is 5.06 Å². The van der Waals surface area contributed by atoms with Crippen LogP contribution >= 0.6 is 0 Å². The summed E-state index contributed by atoms with van der Waals surface area (Å²) in [6.45, 7) is 11.5. The topological polar surface area (TPSA) is 49.5 Å². The molecule has 0 aromatic carbocycles. The molecular formula is C9H24N2O. The molecule has 0 aromatic heterocycles. The Bertz CT molecular complexity index is 74.6. The van der Waals surface area contributed by atoms with Crippen LogP contribution < -0.4 is 5.73 Å². The summed E-state index contributed by atoms with van der Waals surface area (Å²) in [6.07, 6.45) is 0. The van der Waals surface area contributed by atoms with Gasteiger partial charge in [-0.3, -0.25) is 0 Å². The lowest BCUT2D eigenvalue weighted by Gasteiger charge is -2.05. The molecule has 1 atom stereocenters. The quantitative estimate of drug-likeness (QED) is 0.644. The first-order valence-corrected chi connectivity index (χ1v) is 4.65. The average molecular weight is 176 g/mol. The van der Waals surface area contributed by atoms with Crippen LogP contribution in [-0.4, -0.2) is 29.4 Å². The van der Waals surface area contributed by atoms with Gasteiger partial charge >= 0.3 is 0 Å². The summed E-state index contributed by atoms with van der Waals surface area (Å²) in [6, 6.07) is 0.352. The van der Waals surface area contributed by atoms with Gasteiger partial charge in [0.25, 0.3) is 0 Å². The molecule has 0 amide bonds. The molecule has 1 unspecified atom stereocenters. The van der Waals surface area contributed by atoms with E-state index >= 15 is 0 Å². The smallest absolute Gasteiger partial charge is 0.0209 e. The monoisotopic (exact) mass is 176 g/mol. The average Bonchev–Trinajstić information content (AvgIpc) is 2.04. The van der Waals surface area contributed by atoms with Crippen molar-refractivity contribution >= 4 is 0 Å². The molecule has 3 N–H and O–H groups in total. The van der Waals surface area contributed by atoms with Crippen molar-refractivity contribution in [2.75, 3.05) is 13.1 Å². The highest BCUT2D eigenvalue weighted by atomic mass is 16.5. The Morgan fingerprint density at radius 3 is 1.42 bits per heavy atom. The lowest BCUT2D eigenvalue weighted by atomic mass is 10.1. The molecule has 3 heteroatoms. The molecule has 76 valence electrons. The summed E-state index contributed by atoms with van der Waals surface area (Å²) in [5.41, 5.74) is 5.44. The van der Waals surface area contributed by atoms with Crippen molar-refractivity contribution < 1.29 is 5.21 Å². The largest absolute Gasteiger partial charge is 0.328 e. The van der Waals surface area contributed by atoms with Gasteiger partial charge in [-0.05, 0) is 12.8 Å². The summed E-state index contributed by atoms with van der Waals surface area (Å²) >= 11 is 0. The van der Waals surface area contributed by atoms with E-state index in [-0.39, 0.29) is 0 Å². The molecule has 0 aliphatic rings. The lowest BCUT2D eigenvalue weighted by Crippen LogP contribution is -2.21. The van der Waals surface area contributed by atoms with E-state index in [0.717, 1.165) is 13.1 Å². The van der Waals surface area contributed by atoms with Crippen LogP contribution in [0, 0.1) is 5.92 Å². The minimum Gasteiger partial charge on any atom is -0.328 e. The van der Waals surface area contributed by atoms with Gasteiger partial charge in [0.2, 0.25) is 0 Å². The Hall–Kier alpha value is -0.120. The summed E-state index contributed by atoms with van der Waals surface area (Å²) < 4.78 is 0. The van der Waals surface area contributed by atoms with E-state index in [0.29, 0.717) is 12.0 Å². The zero-order valence-electron chi connectivity index (χ0n) is 9.04. The summed E-state index contributed by atoms with van der Waals surface area (Å²) in [5, 5.41) is 9.75. The van der Waals surface area contributed by atoms with E-state index in [1.54, 1.807) is 0 Å². The van der Waals surface area contributed by atoms with Gasteiger partial charge in [-0.15, -0.1) is 0 Å². The van der Waals surface area contributed by atoms with Crippen LogP contribution in [0.4, 0.5) is 0 Å². The third-order valence-corrected chi connectivity index (χ3v) is 1.78. The second-order valence-corrected chi connectivity index (χ2v) is 3.24. The first-order valence-electron chi connectivity index (χ1n) is 4.65. The zero-order valence-corrected chi connectivity index (χ0v) is 9.04. The molecule has 0 aromatic rings. The molecular weight excluding hydrogens is 152 g/mol. The van der Waals surface area contributed by atoms with E-state index in [1.807, 2.05) is 20.8 Å². The maximum Gasteiger partial charge on any atom is 0.0209 e. The minimum atomic E-state index is 0.352. The van der Waals surface area contributed by atoms with E-state index in [9.17, 15) is 0 Å². The minimum absolute atomic E-state index is 0.352. The van der Waals surface area contributed by atoms with Crippen molar-refractivity contribution in [1.29, 1.82) is 0 Å². The number of nitrogens with zero attached hydrogens (tertiary/aromatic N) is 1. The third-order valence-electron chi connectivity index (χ3n) is 1.78. The van der Waals surface area contributed by atoms with Gasteiger partial charge in [-0.25, -0.2) is 0 Å². The molecule has 0 rings (SSSR count). The van der Waals surface area contributed by atoms with Crippen molar-refractivity contribution in [1.82, 2.24) is 5.06 Å². The second-order valence-electron chi connectivity index (χ2n) is 3.24. The molecule has 3 nitrogen and oxygen atoms in total. The predicted octanol–water partition coefficient (Wildman–Crippen LogP) is 1.71. The SMILES string of the molecule is CC(C)C(C)N.CCN(O)CC. The van der Waals surface area contributed by atoms with Gasteiger partial charge < -0.3 is 10.9 Å². The Balaban J connectivity index is 0. The first kappa shape index (κ1) is 14.4. The molecule has 0 saturated heterocycles. The standard InChI is InChI=1S/C5H13N.C4H11NO/c1-4(2)5(3)6;1-3-5(6)4-2/h4-5H,6H2,1-3H3;6H,3-4H2,1-2H3. The van der Waals surface area contributed by atoms with Crippen molar-refractivity contribution in [3.05, 3.63) is 0 Å². The van der Waals surface area contributed by atoms with Crippen LogP contribution in [0.5, 0.6) is 0 Å². The fraction of sp³-hybridized carbons (Fsp3) is 1.00. The Morgan fingerprint density at radius 1 is 1.17 bits per heavy atom. The van der Waals surface area contributed by atoms with Crippen LogP contribution in [0.1, 0.15) is 34.6 Å². The number of rotatable bonds is 3. The fourth-order valence-electron chi connectivity index (χ4n) is 0.224. The molecule has 12 heavy (non-hydrogen) atoms. The Morgan fingerprint density at radius 2 is 1.42 bits per heavy atom. The highest BCUT2D eigenvalue weighted by Crippen LogP contribution is 1.93. The molecule has 0 bridgehead atoms. The Kier molecular flexibility index (Phi) is 10.8. The van der Waals surface area contributed by atoms with E-state index < -0.39 is 0 Å². The first-order chi connectivity index (χ1) is 5.45. The second kappa shape index (κ2) is 8.97. The lowest BCUT2D eigenvalue weighted by molar-refractivity contribution is -0.0813. The van der Waals surface area contributed by atoms with Gasteiger partial charge in [0.1, 0.15) is 0 Å². The van der Waals surface area contributed by atoms with Gasteiger partial charge in [-0.1, -0.05) is 27.7 Å². The normalized spacial score (nSPS) is 12.8. The van der Waals surface area contributed by atoms with E-state index in [4.69, 9.17) is 10.9 Å². The van der Waals surface area contributed by atoms with Crippen molar-refractivity contribution in [3.63, 3.8) is 0 Å². The maximum atomic E-state index is 8.50. The number of nitrogens with two attached hydrogens (primary N) is 1. The summed E-state index contributed by atoms with van der Waals surface area (Å²) in [5.74, 6) is 0.630. The highest BCUT2D eigenvalue weighted by Gasteiger charge is 1.95. The molecule has 0 fully saturated rings. The molecule has 0 saturated carbocycles. The van der Waals surface area contributed by atoms with Gasteiger partial charge in [0.05, 0.1) is 0 Å². The molecule has 0 aliphatic heterocycles. The van der Waals surface area contributed by atoms with Crippen molar-refractivity contribution in [2.24, 2.45) is 11.7 Å². The highest BCUT2D eigenvalue weighted by molar-refractivity contribution is 4.55.